The molecule has 2 aromatic rings. The molecule has 9 heteroatoms. The summed E-state index contributed by atoms with van der Waals surface area (Å²) in [6.45, 7) is 3.39. The van der Waals surface area contributed by atoms with E-state index in [-0.39, 0.29) is 31.6 Å². The Morgan fingerprint density at radius 3 is 2.65 bits per heavy atom. The molecule has 2 heterocycles. The van der Waals surface area contributed by atoms with Crippen molar-refractivity contribution in [2.24, 2.45) is 5.10 Å². The maximum Gasteiger partial charge on any atom is 0.320 e. The van der Waals surface area contributed by atoms with Gasteiger partial charge in [-0.2, -0.15) is 16.9 Å². The lowest BCUT2D eigenvalue weighted by Crippen LogP contribution is -2.35. The van der Waals surface area contributed by atoms with E-state index in [9.17, 15) is 9.59 Å². The van der Waals surface area contributed by atoms with Crippen LogP contribution in [0, 0.1) is 0 Å². The van der Waals surface area contributed by atoms with Gasteiger partial charge in [-0.05, 0) is 47.4 Å². The second-order valence-electron chi connectivity index (χ2n) is 8.27. The molecule has 4 rings (SSSR count). The standard InChI is InChI=1S/C25H30N4O4S/c30-11-12-33-24(31)18-28-8-7-21-15-23(6-5-22(21)17-28)27-25(32)20-3-1-19(2-4-20)16-26-29-9-13-34-14-10-29/h1-6,15-16,30H,7-14,17-18H2,(H,27,32). The number of aliphatic hydroxyl groups is 1. The number of nitrogens with zero attached hydrogens (tertiary/aromatic N) is 3. The summed E-state index contributed by atoms with van der Waals surface area (Å²) in [6.07, 6.45) is 2.63. The smallest absolute Gasteiger partial charge is 0.320 e. The van der Waals surface area contributed by atoms with Crippen molar-refractivity contribution in [2.75, 3.05) is 56.2 Å². The molecule has 0 radical (unpaired) electrons. The van der Waals surface area contributed by atoms with E-state index in [4.69, 9.17) is 9.84 Å². The number of fused-ring (bicyclic) bond motifs is 1. The molecule has 0 saturated carbocycles. The van der Waals surface area contributed by atoms with E-state index in [0.717, 1.165) is 54.4 Å². The second kappa shape index (κ2) is 12.0. The fraction of sp³-hybridized carbons (Fsp3) is 0.400. The van der Waals surface area contributed by atoms with Gasteiger partial charge in [0, 0.05) is 48.9 Å². The Kier molecular flexibility index (Phi) is 8.56. The quantitative estimate of drug-likeness (QED) is 0.440. The first-order chi connectivity index (χ1) is 16.6. The third-order valence-corrected chi connectivity index (χ3v) is 6.74. The number of ether oxygens (including phenoxy) is 1. The van der Waals surface area contributed by atoms with Crippen molar-refractivity contribution in [1.82, 2.24) is 9.91 Å². The van der Waals surface area contributed by atoms with Crippen LogP contribution in [0.25, 0.3) is 0 Å². The summed E-state index contributed by atoms with van der Waals surface area (Å²) in [5.74, 6) is 1.74. The highest BCUT2D eigenvalue weighted by Gasteiger charge is 2.20. The van der Waals surface area contributed by atoms with Gasteiger partial charge in [-0.3, -0.25) is 19.5 Å². The molecule has 34 heavy (non-hydrogen) atoms. The maximum atomic E-state index is 12.7. The Bertz CT molecular complexity index is 1020. The van der Waals surface area contributed by atoms with Crippen LogP contribution in [0.5, 0.6) is 0 Å². The van der Waals surface area contributed by atoms with Gasteiger partial charge in [0.15, 0.2) is 0 Å². The minimum atomic E-state index is -0.329. The number of esters is 1. The molecule has 0 spiro atoms. The summed E-state index contributed by atoms with van der Waals surface area (Å²) >= 11 is 1.95. The van der Waals surface area contributed by atoms with Crippen LogP contribution < -0.4 is 5.32 Å². The molecule has 0 unspecified atom stereocenters. The molecule has 2 N–H and O–H groups in total. The summed E-state index contributed by atoms with van der Waals surface area (Å²) in [5, 5.41) is 18.4. The SMILES string of the molecule is O=C(CN1CCc2cc(NC(=O)c3ccc(C=NN4CCSCC4)cc3)ccc2C1)OCCO. The molecule has 2 aromatic carbocycles. The number of rotatable bonds is 8. The molecule has 2 aliphatic rings. The number of hydrogen-bond acceptors (Lipinski definition) is 8. The number of benzene rings is 2. The predicted octanol–water partition coefficient (Wildman–Crippen LogP) is 2.22. The Balaban J connectivity index is 1.30. The van der Waals surface area contributed by atoms with Crippen LogP contribution >= 0.6 is 11.8 Å². The number of carbonyl (C=O) groups is 2. The first-order valence-corrected chi connectivity index (χ1v) is 12.6. The van der Waals surface area contributed by atoms with Crippen molar-refractivity contribution < 1.29 is 19.4 Å². The monoisotopic (exact) mass is 482 g/mol. The zero-order valence-electron chi connectivity index (χ0n) is 19.1. The number of thioether (sulfide) groups is 1. The van der Waals surface area contributed by atoms with E-state index in [0.29, 0.717) is 12.1 Å². The average molecular weight is 483 g/mol. The van der Waals surface area contributed by atoms with Crippen LogP contribution in [0.15, 0.2) is 47.6 Å². The molecule has 0 aliphatic carbocycles. The van der Waals surface area contributed by atoms with Crippen molar-refractivity contribution in [3.63, 3.8) is 0 Å². The van der Waals surface area contributed by atoms with Crippen LogP contribution in [0.2, 0.25) is 0 Å². The number of hydrazone groups is 1. The van der Waals surface area contributed by atoms with Gasteiger partial charge in [0.2, 0.25) is 0 Å². The van der Waals surface area contributed by atoms with E-state index < -0.39 is 0 Å². The van der Waals surface area contributed by atoms with Gasteiger partial charge in [0.05, 0.1) is 19.4 Å². The molecule has 0 atom stereocenters. The highest BCUT2D eigenvalue weighted by atomic mass is 32.2. The van der Waals surface area contributed by atoms with Crippen LogP contribution in [0.1, 0.15) is 27.0 Å². The summed E-state index contributed by atoms with van der Waals surface area (Å²) in [4.78, 5) is 26.5. The molecule has 0 bridgehead atoms. The minimum absolute atomic E-state index is 0.0283. The molecule has 0 aromatic heterocycles. The zero-order valence-corrected chi connectivity index (χ0v) is 19.9. The third-order valence-electron chi connectivity index (χ3n) is 5.79. The van der Waals surface area contributed by atoms with Crippen molar-refractivity contribution in [3.8, 4) is 0 Å². The number of carbonyl (C=O) groups excluding carboxylic acids is 2. The van der Waals surface area contributed by atoms with E-state index in [1.807, 2.05) is 65.3 Å². The number of aliphatic hydroxyl groups excluding tert-OH is 1. The van der Waals surface area contributed by atoms with Crippen molar-refractivity contribution >= 4 is 35.5 Å². The van der Waals surface area contributed by atoms with E-state index in [1.54, 1.807) is 0 Å². The first-order valence-electron chi connectivity index (χ1n) is 11.5. The number of hydrogen-bond donors (Lipinski definition) is 2. The van der Waals surface area contributed by atoms with Crippen molar-refractivity contribution in [3.05, 3.63) is 64.7 Å². The largest absolute Gasteiger partial charge is 0.462 e. The summed E-state index contributed by atoms with van der Waals surface area (Å²) in [5.41, 5.74) is 4.62. The van der Waals surface area contributed by atoms with Gasteiger partial charge >= 0.3 is 5.97 Å². The molecule has 1 amide bonds. The van der Waals surface area contributed by atoms with E-state index in [1.165, 1.54) is 5.56 Å². The fourth-order valence-electron chi connectivity index (χ4n) is 3.95. The van der Waals surface area contributed by atoms with Gasteiger partial charge in [-0.25, -0.2) is 0 Å². The van der Waals surface area contributed by atoms with Crippen molar-refractivity contribution in [1.29, 1.82) is 0 Å². The summed E-state index contributed by atoms with van der Waals surface area (Å²) in [6, 6.07) is 13.3. The second-order valence-corrected chi connectivity index (χ2v) is 9.50. The minimum Gasteiger partial charge on any atom is -0.462 e. The summed E-state index contributed by atoms with van der Waals surface area (Å²) in [7, 11) is 0. The fourth-order valence-corrected chi connectivity index (χ4v) is 4.84. The molecular formula is C25H30N4O4S. The van der Waals surface area contributed by atoms with Crippen LogP contribution in [-0.2, 0) is 22.5 Å². The van der Waals surface area contributed by atoms with Crippen molar-refractivity contribution in [2.45, 2.75) is 13.0 Å². The topological polar surface area (TPSA) is 94.5 Å². The van der Waals surface area contributed by atoms with Gasteiger partial charge in [-0.15, -0.1) is 0 Å². The Morgan fingerprint density at radius 1 is 1.09 bits per heavy atom. The molecule has 180 valence electrons. The molecule has 1 saturated heterocycles. The average Bonchev–Trinajstić information content (AvgIpc) is 2.87. The lowest BCUT2D eigenvalue weighted by atomic mass is 9.99. The molecular weight excluding hydrogens is 452 g/mol. The van der Waals surface area contributed by atoms with Gasteiger partial charge in [0.25, 0.3) is 5.91 Å². The van der Waals surface area contributed by atoms with Crippen LogP contribution in [0.4, 0.5) is 5.69 Å². The zero-order chi connectivity index (χ0) is 23.8. The lowest BCUT2D eigenvalue weighted by Gasteiger charge is -2.28. The van der Waals surface area contributed by atoms with Gasteiger partial charge < -0.3 is 15.2 Å². The van der Waals surface area contributed by atoms with Gasteiger partial charge in [-0.1, -0.05) is 18.2 Å². The Labute approximate surface area is 204 Å². The normalized spacial score (nSPS) is 16.3. The van der Waals surface area contributed by atoms with Crippen LogP contribution in [0.3, 0.4) is 0 Å². The first kappa shape index (κ1) is 24.3. The van der Waals surface area contributed by atoms with E-state index in [2.05, 4.69) is 15.4 Å². The number of nitrogens with one attached hydrogen (secondary N) is 1. The molecule has 8 nitrogen and oxygen atoms in total. The third kappa shape index (κ3) is 6.82. The number of anilines is 1. The maximum absolute atomic E-state index is 12.7. The molecule has 2 aliphatic heterocycles. The van der Waals surface area contributed by atoms with Gasteiger partial charge in [0.1, 0.15) is 6.61 Å². The predicted molar refractivity (Wildman–Crippen MR) is 134 cm³/mol. The lowest BCUT2D eigenvalue weighted by molar-refractivity contribution is -0.146. The molecule has 1 fully saturated rings. The summed E-state index contributed by atoms with van der Waals surface area (Å²) < 4.78 is 4.95. The number of amides is 1. The Hall–Kier alpha value is -2.88. The highest BCUT2D eigenvalue weighted by molar-refractivity contribution is 7.99. The highest BCUT2D eigenvalue weighted by Crippen LogP contribution is 2.23. The van der Waals surface area contributed by atoms with E-state index >= 15 is 0 Å². The van der Waals surface area contributed by atoms with Crippen LogP contribution in [-0.4, -0.2) is 84.0 Å². The Morgan fingerprint density at radius 2 is 1.88 bits per heavy atom.